The molecule has 0 saturated carbocycles. The standard InChI is InChI=1S/C16H22N4S.ClH/c1-2-3-14-12-21-16(19-14)11-20-9-8-18-10-15(20)13-4-6-17-7-5-13;/h4-7,12,15,18H,2-3,8-11H2,1H3;1H. The van der Waals surface area contributed by atoms with Gasteiger partial charge in [-0.3, -0.25) is 9.88 Å². The van der Waals surface area contributed by atoms with Crippen LogP contribution in [0.5, 0.6) is 0 Å². The van der Waals surface area contributed by atoms with Crippen LogP contribution in [-0.4, -0.2) is 34.5 Å². The van der Waals surface area contributed by atoms with Gasteiger partial charge in [0, 0.05) is 43.4 Å². The molecule has 2 aromatic heterocycles. The van der Waals surface area contributed by atoms with Crippen molar-refractivity contribution in [2.45, 2.75) is 32.4 Å². The summed E-state index contributed by atoms with van der Waals surface area (Å²) in [6.07, 6.45) is 6.01. The average Bonchev–Trinajstić information content (AvgIpc) is 2.96. The Labute approximate surface area is 142 Å². The third kappa shape index (κ3) is 4.26. The third-order valence-electron chi connectivity index (χ3n) is 3.89. The molecule has 1 N–H and O–H groups in total. The van der Waals surface area contributed by atoms with E-state index in [9.17, 15) is 0 Å². The van der Waals surface area contributed by atoms with Gasteiger partial charge in [-0.15, -0.1) is 23.7 Å². The number of rotatable bonds is 5. The van der Waals surface area contributed by atoms with Crippen molar-refractivity contribution in [2.75, 3.05) is 19.6 Å². The fraction of sp³-hybridized carbons (Fsp3) is 0.500. The summed E-state index contributed by atoms with van der Waals surface area (Å²) in [6.45, 7) is 6.26. The zero-order chi connectivity index (χ0) is 14.5. The molecule has 1 unspecified atom stereocenters. The van der Waals surface area contributed by atoms with E-state index in [1.54, 1.807) is 11.3 Å². The van der Waals surface area contributed by atoms with Gasteiger partial charge in [0.25, 0.3) is 0 Å². The van der Waals surface area contributed by atoms with Gasteiger partial charge >= 0.3 is 0 Å². The Bertz CT molecular complexity index is 560. The monoisotopic (exact) mass is 338 g/mol. The number of nitrogens with zero attached hydrogens (tertiary/aromatic N) is 3. The van der Waals surface area contributed by atoms with Crippen molar-refractivity contribution in [1.82, 2.24) is 20.2 Å². The molecule has 0 aromatic carbocycles. The van der Waals surface area contributed by atoms with Crippen LogP contribution in [0.3, 0.4) is 0 Å². The van der Waals surface area contributed by atoms with Gasteiger partial charge in [-0.25, -0.2) is 4.98 Å². The van der Waals surface area contributed by atoms with Gasteiger partial charge in [-0.05, 0) is 24.1 Å². The number of hydrogen-bond acceptors (Lipinski definition) is 5. The minimum atomic E-state index is 0. The van der Waals surface area contributed by atoms with Gasteiger partial charge < -0.3 is 5.32 Å². The van der Waals surface area contributed by atoms with Crippen molar-refractivity contribution >= 4 is 23.7 Å². The molecular weight excluding hydrogens is 316 g/mol. The smallest absolute Gasteiger partial charge is 0.107 e. The fourth-order valence-corrected chi connectivity index (χ4v) is 3.67. The number of aromatic nitrogens is 2. The SMILES string of the molecule is CCCc1csc(CN2CCNCC2c2ccncc2)n1.Cl. The Balaban J connectivity index is 0.00000176. The van der Waals surface area contributed by atoms with Crippen molar-refractivity contribution in [1.29, 1.82) is 0 Å². The van der Waals surface area contributed by atoms with E-state index in [1.165, 1.54) is 16.3 Å². The number of piperazine rings is 1. The van der Waals surface area contributed by atoms with Crippen LogP contribution in [-0.2, 0) is 13.0 Å². The molecule has 22 heavy (non-hydrogen) atoms. The van der Waals surface area contributed by atoms with Crippen LogP contribution >= 0.6 is 23.7 Å². The van der Waals surface area contributed by atoms with Crippen molar-refractivity contribution in [2.24, 2.45) is 0 Å². The molecule has 1 aliphatic heterocycles. The summed E-state index contributed by atoms with van der Waals surface area (Å²) >= 11 is 1.79. The van der Waals surface area contributed by atoms with E-state index in [-0.39, 0.29) is 12.4 Å². The first-order chi connectivity index (χ1) is 10.4. The second-order valence-electron chi connectivity index (χ2n) is 5.45. The van der Waals surface area contributed by atoms with Crippen molar-refractivity contribution in [3.05, 3.63) is 46.2 Å². The lowest BCUT2D eigenvalue weighted by molar-refractivity contribution is 0.153. The number of aryl methyl sites for hydroxylation is 1. The average molecular weight is 339 g/mol. The highest BCUT2D eigenvalue weighted by atomic mass is 35.5. The van der Waals surface area contributed by atoms with Gasteiger partial charge in [-0.1, -0.05) is 13.3 Å². The van der Waals surface area contributed by atoms with Gasteiger partial charge in [0.2, 0.25) is 0 Å². The van der Waals surface area contributed by atoms with E-state index in [0.717, 1.165) is 39.0 Å². The summed E-state index contributed by atoms with van der Waals surface area (Å²) in [4.78, 5) is 11.4. The van der Waals surface area contributed by atoms with E-state index in [1.807, 2.05) is 12.4 Å². The summed E-state index contributed by atoms with van der Waals surface area (Å²) in [6, 6.07) is 4.66. The Kier molecular flexibility index (Phi) is 6.76. The highest BCUT2D eigenvalue weighted by Gasteiger charge is 2.24. The van der Waals surface area contributed by atoms with E-state index in [2.05, 4.69) is 39.6 Å². The number of pyridine rings is 1. The fourth-order valence-electron chi connectivity index (χ4n) is 2.82. The van der Waals surface area contributed by atoms with E-state index in [0.29, 0.717) is 6.04 Å². The minimum absolute atomic E-state index is 0. The molecule has 0 radical (unpaired) electrons. The second kappa shape index (κ2) is 8.58. The molecule has 0 bridgehead atoms. The number of nitrogens with one attached hydrogen (secondary N) is 1. The molecule has 4 nitrogen and oxygen atoms in total. The molecule has 120 valence electrons. The largest absolute Gasteiger partial charge is 0.314 e. The molecular formula is C16H23ClN4S. The summed E-state index contributed by atoms with van der Waals surface area (Å²) in [7, 11) is 0. The highest BCUT2D eigenvalue weighted by molar-refractivity contribution is 7.09. The quantitative estimate of drug-likeness (QED) is 0.909. The molecule has 0 amide bonds. The number of thiazole rings is 1. The van der Waals surface area contributed by atoms with Crippen LogP contribution in [0.2, 0.25) is 0 Å². The van der Waals surface area contributed by atoms with Crippen LogP contribution < -0.4 is 5.32 Å². The number of hydrogen-bond donors (Lipinski definition) is 1. The molecule has 0 aliphatic carbocycles. The van der Waals surface area contributed by atoms with Crippen molar-refractivity contribution in [3.8, 4) is 0 Å². The molecule has 1 saturated heterocycles. The van der Waals surface area contributed by atoms with Gasteiger partial charge in [0.15, 0.2) is 0 Å². The molecule has 3 heterocycles. The van der Waals surface area contributed by atoms with Crippen LogP contribution in [0.1, 0.15) is 35.7 Å². The zero-order valence-electron chi connectivity index (χ0n) is 12.9. The molecule has 2 aromatic rings. The lowest BCUT2D eigenvalue weighted by Gasteiger charge is -2.35. The van der Waals surface area contributed by atoms with E-state index >= 15 is 0 Å². The zero-order valence-corrected chi connectivity index (χ0v) is 14.5. The van der Waals surface area contributed by atoms with Gasteiger partial charge in [-0.2, -0.15) is 0 Å². The lowest BCUT2D eigenvalue weighted by Crippen LogP contribution is -2.45. The summed E-state index contributed by atoms with van der Waals surface area (Å²) in [5.41, 5.74) is 2.58. The maximum Gasteiger partial charge on any atom is 0.107 e. The summed E-state index contributed by atoms with van der Waals surface area (Å²) < 4.78 is 0. The van der Waals surface area contributed by atoms with Crippen LogP contribution in [0.25, 0.3) is 0 Å². The van der Waals surface area contributed by atoms with Crippen molar-refractivity contribution < 1.29 is 0 Å². The Hall–Kier alpha value is -1.01. The Morgan fingerprint density at radius 1 is 1.36 bits per heavy atom. The maximum atomic E-state index is 4.77. The molecule has 3 rings (SSSR count). The highest BCUT2D eigenvalue weighted by Crippen LogP contribution is 2.24. The number of halogens is 1. The van der Waals surface area contributed by atoms with E-state index < -0.39 is 0 Å². The first-order valence-corrected chi connectivity index (χ1v) is 8.52. The Morgan fingerprint density at radius 2 is 2.18 bits per heavy atom. The predicted molar refractivity (Wildman–Crippen MR) is 93.6 cm³/mol. The van der Waals surface area contributed by atoms with E-state index in [4.69, 9.17) is 4.98 Å². The van der Waals surface area contributed by atoms with Crippen LogP contribution in [0.15, 0.2) is 29.9 Å². The maximum absolute atomic E-state index is 4.77. The van der Waals surface area contributed by atoms with Crippen LogP contribution in [0.4, 0.5) is 0 Å². The topological polar surface area (TPSA) is 41.0 Å². The molecule has 6 heteroatoms. The second-order valence-corrected chi connectivity index (χ2v) is 6.40. The molecule has 1 fully saturated rings. The third-order valence-corrected chi connectivity index (χ3v) is 4.77. The van der Waals surface area contributed by atoms with Gasteiger partial charge in [0.1, 0.15) is 5.01 Å². The lowest BCUT2D eigenvalue weighted by atomic mass is 10.0. The molecule has 0 spiro atoms. The minimum Gasteiger partial charge on any atom is -0.314 e. The summed E-state index contributed by atoms with van der Waals surface area (Å²) in [5.74, 6) is 0. The van der Waals surface area contributed by atoms with Gasteiger partial charge in [0.05, 0.1) is 12.2 Å². The molecule has 1 aliphatic rings. The first kappa shape index (κ1) is 17.3. The van der Waals surface area contributed by atoms with Crippen LogP contribution in [0, 0.1) is 0 Å². The first-order valence-electron chi connectivity index (χ1n) is 7.65. The summed E-state index contributed by atoms with van der Waals surface area (Å²) in [5, 5.41) is 6.94. The molecule has 1 atom stereocenters. The predicted octanol–water partition coefficient (Wildman–Crippen LogP) is 3.06. The Morgan fingerprint density at radius 3 is 2.95 bits per heavy atom. The normalized spacial score (nSPS) is 18.9. The van der Waals surface area contributed by atoms with Crippen molar-refractivity contribution in [3.63, 3.8) is 0 Å².